The van der Waals surface area contributed by atoms with E-state index in [9.17, 15) is 9.59 Å². The lowest BCUT2D eigenvalue weighted by Gasteiger charge is -2.24. The first-order valence-electron chi connectivity index (χ1n) is 7.93. The zero-order valence-corrected chi connectivity index (χ0v) is 13.7. The van der Waals surface area contributed by atoms with Crippen LogP contribution in [0, 0.1) is 6.92 Å². The standard InChI is InChI=1S/C17H22N2O2S/c1-12-5-2-3-7-15(12)22-11-16(20)19-10-4-6-14(19)17(21)18-13-8-9-13/h2-3,5,7,13-14H,4,6,8-11H2,1H3,(H,18,21). The van der Waals surface area contributed by atoms with E-state index in [1.165, 1.54) is 5.56 Å². The summed E-state index contributed by atoms with van der Waals surface area (Å²) in [4.78, 5) is 27.6. The van der Waals surface area contributed by atoms with Gasteiger partial charge in [0.05, 0.1) is 5.75 Å². The van der Waals surface area contributed by atoms with E-state index < -0.39 is 0 Å². The van der Waals surface area contributed by atoms with Crippen LogP contribution in [0.25, 0.3) is 0 Å². The van der Waals surface area contributed by atoms with Crippen LogP contribution in [0.1, 0.15) is 31.2 Å². The predicted molar refractivity (Wildman–Crippen MR) is 87.8 cm³/mol. The molecule has 2 amide bonds. The summed E-state index contributed by atoms with van der Waals surface area (Å²) in [5, 5.41) is 3.02. The molecule has 1 atom stereocenters. The highest BCUT2D eigenvalue weighted by atomic mass is 32.2. The highest BCUT2D eigenvalue weighted by Crippen LogP contribution is 2.25. The van der Waals surface area contributed by atoms with Crippen LogP contribution in [-0.4, -0.2) is 41.1 Å². The molecule has 1 heterocycles. The molecular weight excluding hydrogens is 296 g/mol. The summed E-state index contributed by atoms with van der Waals surface area (Å²) >= 11 is 1.56. The molecular formula is C17H22N2O2S. The molecule has 1 N–H and O–H groups in total. The molecule has 1 unspecified atom stereocenters. The van der Waals surface area contributed by atoms with Gasteiger partial charge in [-0.05, 0) is 44.2 Å². The van der Waals surface area contributed by atoms with E-state index in [1.54, 1.807) is 16.7 Å². The number of aryl methyl sites for hydroxylation is 1. The number of hydrogen-bond donors (Lipinski definition) is 1. The Balaban J connectivity index is 1.56. The average Bonchev–Trinajstić information content (AvgIpc) is 3.18. The summed E-state index contributed by atoms with van der Waals surface area (Å²) < 4.78 is 0. The molecule has 22 heavy (non-hydrogen) atoms. The Morgan fingerprint density at radius 3 is 2.77 bits per heavy atom. The fraction of sp³-hybridized carbons (Fsp3) is 0.529. The molecule has 0 bridgehead atoms. The van der Waals surface area contributed by atoms with Gasteiger partial charge in [-0.25, -0.2) is 0 Å². The van der Waals surface area contributed by atoms with Gasteiger partial charge < -0.3 is 10.2 Å². The smallest absolute Gasteiger partial charge is 0.243 e. The second kappa shape index (κ2) is 6.73. The number of likely N-dealkylation sites (tertiary alicyclic amines) is 1. The van der Waals surface area contributed by atoms with Crippen molar-refractivity contribution in [3.63, 3.8) is 0 Å². The Morgan fingerprint density at radius 1 is 1.27 bits per heavy atom. The minimum absolute atomic E-state index is 0.0363. The third-order valence-electron chi connectivity index (χ3n) is 4.24. The molecule has 1 saturated carbocycles. The van der Waals surface area contributed by atoms with Crippen molar-refractivity contribution in [3.05, 3.63) is 29.8 Å². The second-order valence-corrected chi connectivity index (χ2v) is 7.10. The van der Waals surface area contributed by atoms with Gasteiger partial charge in [0.15, 0.2) is 0 Å². The van der Waals surface area contributed by atoms with E-state index in [2.05, 4.69) is 18.3 Å². The maximum atomic E-state index is 12.5. The number of carbonyl (C=O) groups excluding carboxylic acids is 2. The Hall–Kier alpha value is -1.49. The molecule has 0 radical (unpaired) electrons. The number of amides is 2. The van der Waals surface area contributed by atoms with Crippen LogP contribution in [0.3, 0.4) is 0 Å². The van der Waals surface area contributed by atoms with Crippen LogP contribution in [0.5, 0.6) is 0 Å². The maximum Gasteiger partial charge on any atom is 0.243 e. The van der Waals surface area contributed by atoms with Gasteiger partial charge in [0.2, 0.25) is 11.8 Å². The molecule has 118 valence electrons. The van der Waals surface area contributed by atoms with E-state index in [4.69, 9.17) is 0 Å². The summed E-state index contributed by atoms with van der Waals surface area (Å²) in [6, 6.07) is 8.17. The van der Waals surface area contributed by atoms with Crippen LogP contribution >= 0.6 is 11.8 Å². The van der Waals surface area contributed by atoms with Crippen molar-refractivity contribution in [1.29, 1.82) is 0 Å². The van der Waals surface area contributed by atoms with Crippen molar-refractivity contribution in [2.45, 2.75) is 49.6 Å². The van der Waals surface area contributed by atoms with E-state index in [0.29, 0.717) is 18.3 Å². The second-order valence-electron chi connectivity index (χ2n) is 6.08. The van der Waals surface area contributed by atoms with Crippen LogP contribution in [-0.2, 0) is 9.59 Å². The number of nitrogens with zero attached hydrogens (tertiary/aromatic N) is 1. The van der Waals surface area contributed by atoms with Gasteiger partial charge in [0.25, 0.3) is 0 Å². The van der Waals surface area contributed by atoms with Crippen molar-refractivity contribution >= 4 is 23.6 Å². The van der Waals surface area contributed by atoms with E-state index in [1.807, 2.05) is 18.2 Å². The number of nitrogens with one attached hydrogen (secondary N) is 1. The highest BCUT2D eigenvalue weighted by Gasteiger charge is 2.36. The van der Waals surface area contributed by atoms with Gasteiger partial charge in [-0.3, -0.25) is 9.59 Å². The zero-order chi connectivity index (χ0) is 15.5. The van der Waals surface area contributed by atoms with Crippen LogP contribution in [0.4, 0.5) is 0 Å². The molecule has 2 aliphatic rings. The van der Waals surface area contributed by atoms with Gasteiger partial charge >= 0.3 is 0 Å². The molecule has 1 saturated heterocycles. The van der Waals surface area contributed by atoms with Crippen molar-refractivity contribution in [2.24, 2.45) is 0 Å². The topological polar surface area (TPSA) is 49.4 Å². The summed E-state index contributed by atoms with van der Waals surface area (Å²) in [6.07, 6.45) is 3.87. The molecule has 3 rings (SSSR count). The molecule has 1 aliphatic carbocycles. The third-order valence-corrected chi connectivity index (χ3v) is 5.40. The van der Waals surface area contributed by atoms with Crippen LogP contribution in [0.2, 0.25) is 0 Å². The lowest BCUT2D eigenvalue weighted by atomic mass is 10.2. The largest absolute Gasteiger partial charge is 0.352 e. The van der Waals surface area contributed by atoms with E-state index in [0.717, 1.165) is 30.6 Å². The van der Waals surface area contributed by atoms with Crippen molar-refractivity contribution < 1.29 is 9.59 Å². The normalized spacial score (nSPS) is 21.0. The zero-order valence-electron chi connectivity index (χ0n) is 12.9. The van der Waals surface area contributed by atoms with Crippen molar-refractivity contribution in [3.8, 4) is 0 Å². The number of rotatable bonds is 5. The summed E-state index contributed by atoms with van der Waals surface area (Å²) in [5.74, 6) is 0.508. The monoisotopic (exact) mass is 318 g/mol. The molecule has 0 spiro atoms. The first-order chi connectivity index (χ1) is 10.6. The van der Waals surface area contributed by atoms with Crippen LogP contribution < -0.4 is 5.32 Å². The summed E-state index contributed by atoms with van der Waals surface area (Å²) in [7, 11) is 0. The average molecular weight is 318 g/mol. The first-order valence-corrected chi connectivity index (χ1v) is 8.92. The molecule has 1 aliphatic heterocycles. The predicted octanol–water partition coefficient (Wildman–Crippen LogP) is 2.36. The summed E-state index contributed by atoms with van der Waals surface area (Å²) in [5.41, 5.74) is 1.18. The maximum absolute atomic E-state index is 12.5. The van der Waals surface area contributed by atoms with Gasteiger partial charge in [-0.2, -0.15) is 0 Å². The minimum atomic E-state index is -0.259. The Labute approximate surface area is 135 Å². The summed E-state index contributed by atoms with van der Waals surface area (Å²) in [6.45, 7) is 2.75. The Bertz CT molecular complexity index is 572. The van der Waals surface area contributed by atoms with Gasteiger partial charge in [0, 0.05) is 17.5 Å². The van der Waals surface area contributed by atoms with Gasteiger partial charge in [-0.1, -0.05) is 18.2 Å². The van der Waals surface area contributed by atoms with Crippen molar-refractivity contribution in [2.75, 3.05) is 12.3 Å². The first kappa shape index (κ1) is 15.4. The number of benzene rings is 1. The number of hydrogen-bond acceptors (Lipinski definition) is 3. The lowest BCUT2D eigenvalue weighted by molar-refractivity contribution is -0.136. The highest BCUT2D eigenvalue weighted by molar-refractivity contribution is 8.00. The quantitative estimate of drug-likeness (QED) is 0.848. The third kappa shape index (κ3) is 3.64. The Morgan fingerprint density at radius 2 is 2.05 bits per heavy atom. The van der Waals surface area contributed by atoms with Crippen LogP contribution in [0.15, 0.2) is 29.2 Å². The fourth-order valence-corrected chi connectivity index (χ4v) is 3.72. The molecule has 4 nitrogen and oxygen atoms in total. The number of thioether (sulfide) groups is 1. The molecule has 2 fully saturated rings. The minimum Gasteiger partial charge on any atom is -0.352 e. The lowest BCUT2D eigenvalue weighted by Crippen LogP contribution is -2.47. The van der Waals surface area contributed by atoms with Gasteiger partial charge in [0.1, 0.15) is 6.04 Å². The fourth-order valence-electron chi connectivity index (χ4n) is 2.80. The molecule has 1 aromatic rings. The molecule has 5 heteroatoms. The van der Waals surface area contributed by atoms with E-state index in [-0.39, 0.29) is 17.9 Å². The van der Waals surface area contributed by atoms with E-state index >= 15 is 0 Å². The Kier molecular flexibility index (Phi) is 4.71. The SMILES string of the molecule is Cc1ccccc1SCC(=O)N1CCCC1C(=O)NC1CC1. The molecule has 0 aromatic heterocycles. The molecule has 1 aromatic carbocycles. The van der Waals surface area contributed by atoms with Crippen molar-refractivity contribution in [1.82, 2.24) is 10.2 Å². The number of carbonyl (C=O) groups is 2. The van der Waals surface area contributed by atoms with Gasteiger partial charge in [-0.15, -0.1) is 11.8 Å².